The monoisotopic (exact) mass is 411 g/mol. The highest BCUT2D eigenvalue weighted by molar-refractivity contribution is 7.17. The van der Waals surface area contributed by atoms with Gasteiger partial charge in [-0.1, -0.05) is 12.1 Å². The third-order valence-electron chi connectivity index (χ3n) is 4.52. The fourth-order valence-corrected chi connectivity index (χ4v) is 4.55. The molecule has 0 saturated heterocycles. The van der Waals surface area contributed by atoms with Crippen molar-refractivity contribution in [1.82, 2.24) is 0 Å². The van der Waals surface area contributed by atoms with Crippen LogP contribution in [0.1, 0.15) is 46.1 Å². The van der Waals surface area contributed by atoms with Crippen molar-refractivity contribution in [2.45, 2.75) is 39.0 Å². The van der Waals surface area contributed by atoms with Crippen LogP contribution in [0, 0.1) is 11.3 Å². The van der Waals surface area contributed by atoms with Crippen molar-refractivity contribution in [1.29, 1.82) is 5.26 Å². The van der Waals surface area contributed by atoms with Crippen molar-refractivity contribution >= 4 is 39.8 Å². The summed E-state index contributed by atoms with van der Waals surface area (Å²) in [7, 11) is 0. The van der Waals surface area contributed by atoms with Gasteiger partial charge in [0.15, 0.2) is 6.61 Å². The van der Waals surface area contributed by atoms with Crippen LogP contribution in [0.5, 0.6) is 0 Å². The summed E-state index contributed by atoms with van der Waals surface area (Å²) < 4.78 is 5.23. The highest BCUT2D eigenvalue weighted by Gasteiger charge is 2.27. The first-order valence-electron chi connectivity index (χ1n) is 9.33. The highest BCUT2D eigenvalue weighted by atomic mass is 32.1. The minimum atomic E-state index is -0.604. The average Bonchev–Trinajstić information content (AvgIpc) is 3.05. The van der Waals surface area contributed by atoms with Crippen molar-refractivity contribution in [2.75, 3.05) is 17.2 Å². The number of nitriles is 1. The van der Waals surface area contributed by atoms with Crippen molar-refractivity contribution in [2.24, 2.45) is 0 Å². The van der Waals surface area contributed by atoms with Gasteiger partial charge >= 0.3 is 5.97 Å². The number of rotatable bonds is 6. The van der Waals surface area contributed by atoms with E-state index in [9.17, 15) is 14.4 Å². The zero-order valence-corrected chi connectivity index (χ0v) is 16.9. The van der Waals surface area contributed by atoms with Gasteiger partial charge in [0.1, 0.15) is 5.00 Å². The Hall–Kier alpha value is -3.18. The van der Waals surface area contributed by atoms with Crippen molar-refractivity contribution in [3.8, 4) is 6.07 Å². The zero-order chi connectivity index (χ0) is 20.8. The second-order valence-electron chi connectivity index (χ2n) is 6.75. The number of hydrogen-bond acceptors (Lipinski definition) is 6. The van der Waals surface area contributed by atoms with Crippen molar-refractivity contribution in [3.63, 3.8) is 0 Å². The van der Waals surface area contributed by atoms with Crippen LogP contribution in [0.15, 0.2) is 24.3 Å². The lowest BCUT2D eigenvalue weighted by Gasteiger charge is -2.13. The van der Waals surface area contributed by atoms with E-state index in [1.165, 1.54) is 18.3 Å². The molecule has 2 amide bonds. The van der Waals surface area contributed by atoms with E-state index in [1.807, 2.05) is 0 Å². The number of ether oxygens (including phenoxy) is 1. The smallest absolute Gasteiger partial charge is 0.341 e. The number of benzene rings is 1. The van der Waals surface area contributed by atoms with Gasteiger partial charge in [0.25, 0.3) is 5.91 Å². The van der Waals surface area contributed by atoms with E-state index in [1.54, 1.807) is 24.3 Å². The molecule has 3 rings (SSSR count). The number of esters is 1. The molecule has 2 N–H and O–H groups in total. The molecular formula is C21H21N3O4S. The molecule has 150 valence electrons. The second kappa shape index (κ2) is 9.34. The molecular weight excluding hydrogens is 390 g/mol. The van der Waals surface area contributed by atoms with Crippen LogP contribution in [0.3, 0.4) is 0 Å². The van der Waals surface area contributed by atoms with Crippen LogP contribution in [0.25, 0.3) is 0 Å². The van der Waals surface area contributed by atoms with Crippen molar-refractivity contribution < 1.29 is 19.1 Å². The molecule has 1 aromatic heterocycles. The maximum Gasteiger partial charge on any atom is 0.341 e. The van der Waals surface area contributed by atoms with E-state index < -0.39 is 18.5 Å². The molecule has 7 nitrogen and oxygen atoms in total. The third kappa shape index (κ3) is 5.21. The predicted molar refractivity (Wildman–Crippen MR) is 110 cm³/mol. The Morgan fingerprint density at radius 3 is 2.55 bits per heavy atom. The fourth-order valence-electron chi connectivity index (χ4n) is 3.23. The van der Waals surface area contributed by atoms with Crippen LogP contribution in [-0.4, -0.2) is 24.4 Å². The number of carbonyl (C=O) groups excluding carboxylic acids is 3. The summed E-state index contributed by atoms with van der Waals surface area (Å²) >= 11 is 1.40. The molecule has 8 heteroatoms. The number of anilines is 2. The van der Waals surface area contributed by atoms with Crippen LogP contribution < -0.4 is 10.6 Å². The summed E-state index contributed by atoms with van der Waals surface area (Å²) in [5.74, 6) is -1.32. The molecule has 1 aliphatic rings. The first-order valence-corrected chi connectivity index (χ1v) is 10.1. The summed E-state index contributed by atoms with van der Waals surface area (Å²) in [6, 6.07) is 8.94. The molecule has 0 saturated carbocycles. The normalized spacial score (nSPS) is 12.4. The summed E-state index contributed by atoms with van der Waals surface area (Å²) in [6.45, 7) is 0.964. The third-order valence-corrected chi connectivity index (χ3v) is 5.73. The Morgan fingerprint density at radius 1 is 1.14 bits per heavy atom. The maximum atomic E-state index is 12.7. The van der Waals surface area contributed by atoms with Gasteiger partial charge in [0, 0.05) is 17.5 Å². The quantitative estimate of drug-likeness (QED) is 0.708. The molecule has 1 aliphatic carbocycles. The lowest BCUT2D eigenvalue weighted by Crippen LogP contribution is -2.22. The van der Waals surface area contributed by atoms with E-state index in [0.717, 1.165) is 41.7 Å². The average molecular weight is 411 g/mol. The molecule has 1 heterocycles. The van der Waals surface area contributed by atoms with Crippen LogP contribution in [-0.2, 0) is 33.6 Å². The van der Waals surface area contributed by atoms with Crippen LogP contribution in [0.2, 0.25) is 0 Å². The van der Waals surface area contributed by atoms with E-state index in [2.05, 4.69) is 16.7 Å². The number of carbonyl (C=O) groups is 3. The van der Waals surface area contributed by atoms with Crippen LogP contribution >= 0.6 is 11.3 Å². The summed E-state index contributed by atoms with van der Waals surface area (Å²) in [4.78, 5) is 37.4. The Kier molecular flexibility index (Phi) is 6.62. The largest absolute Gasteiger partial charge is 0.452 e. The number of amides is 2. The predicted octanol–water partition coefficient (Wildman–Crippen LogP) is 3.45. The van der Waals surface area contributed by atoms with Gasteiger partial charge < -0.3 is 15.4 Å². The minimum Gasteiger partial charge on any atom is -0.452 e. The number of thiophene rings is 1. The minimum absolute atomic E-state index is 0.254. The van der Waals surface area contributed by atoms with Gasteiger partial charge in [-0.2, -0.15) is 5.26 Å². The fraction of sp³-hybridized carbons (Fsp3) is 0.333. The summed E-state index contributed by atoms with van der Waals surface area (Å²) in [6.07, 6.45) is 3.97. The summed E-state index contributed by atoms with van der Waals surface area (Å²) in [5, 5.41) is 14.5. The molecule has 2 aromatic rings. The molecule has 1 aromatic carbocycles. The van der Waals surface area contributed by atoms with E-state index >= 15 is 0 Å². The molecule has 29 heavy (non-hydrogen) atoms. The molecule has 0 atom stereocenters. The molecule has 0 unspecified atom stereocenters. The zero-order valence-electron chi connectivity index (χ0n) is 16.0. The standard InChI is InChI=1S/C21H21N3O4S/c1-13(25)23-20-19(16-4-2-3-5-17(16)29-20)21(27)28-12-18(26)24-15-8-6-14(7-9-15)10-11-22/h6-9H,2-5,10,12H2,1H3,(H,23,25)(H,24,26). The Balaban J connectivity index is 1.64. The lowest BCUT2D eigenvalue weighted by atomic mass is 9.95. The molecule has 0 radical (unpaired) electrons. The van der Waals surface area contributed by atoms with Gasteiger partial charge in [0.2, 0.25) is 5.91 Å². The number of nitrogens with zero attached hydrogens (tertiary/aromatic N) is 1. The summed E-state index contributed by atoms with van der Waals surface area (Å²) in [5.41, 5.74) is 2.70. The Bertz CT molecular complexity index is 973. The maximum absolute atomic E-state index is 12.7. The SMILES string of the molecule is CC(=O)Nc1sc2c(c1C(=O)OCC(=O)Nc1ccc(CC#N)cc1)CCCC2. The van der Waals surface area contributed by atoms with Crippen molar-refractivity contribution in [3.05, 3.63) is 45.8 Å². The van der Waals surface area contributed by atoms with Gasteiger partial charge in [-0.25, -0.2) is 4.79 Å². The number of fused-ring (bicyclic) bond motifs is 1. The van der Waals surface area contributed by atoms with E-state index in [4.69, 9.17) is 10.00 Å². The van der Waals surface area contributed by atoms with Crippen LogP contribution in [0.4, 0.5) is 10.7 Å². The Labute approximate surface area is 172 Å². The Morgan fingerprint density at radius 2 is 1.86 bits per heavy atom. The van der Waals surface area contributed by atoms with E-state index in [-0.39, 0.29) is 5.91 Å². The lowest BCUT2D eigenvalue weighted by molar-refractivity contribution is -0.119. The van der Waals surface area contributed by atoms with Gasteiger partial charge in [-0.05, 0) is 48.9 Å². The second-order valence-corrected chi connectivity index (χ2v) is 7.86. The van der Waals surface area contributed by atoms with Gasteiger partial charge in [0.05, 0.1) is 18.1 Å². The first-order chi connectivity index (χ1) is 14.0. The highest BCUT2D eigenvalue weighted by Crippen LogP contribution is 2.38. The molecule has 0 bridgehead atoms. The first kappa shape index (κ1) is 20.6. The number of hydrogen-bond donors (Lipinski definition) is 2. The van der Waals surface area contributed by atoms with Gasteiger partial charge in [-0.3, -0.25) is 9.59 Å². The topological polar surface area (TPSA) is 108 Å². The van der Waals surface area contributed by atoms with E-state index in [0.29, 0.717) is 22.7 Å². The van der Waals surface area contributed by atoms with Gasteiger partial charge in [-0.15, -0.1) is 11.3 Å². The number of aryl methyl sites for hydroxylation is 1. The molecule has 0 fully saturated rings. The molecule has 0 aliphatic heterocycles. The number of nitrogens with one attached hydrogen (secondary N) is 2. The molecule has 0 spiro atoms.